The maximum absolute atomic E-state index is 14.1. The van der Waals surface area contributed by atoms with Crippen molar-refractivity contribution in [3.05, 3.63) is 95.0 Å². The van der Waals surface area contributed by atoms with Crippen molar-refractivity contribution in [3.63, 3.8) is 0 Å². The molecule has 0 saturated carbocycles. The van der Waals surface area contributed by atoms with Crippen LogP contribution in [0.25, 0.3) is 0 Å². The molecule has 1 N–H and O–H groups in total. The molecular formula is C30H36ClN3O4S. The van der Waals surface area contributed by atoms with E-state index in [4.69, 9.17) is 11.6 Å². The monoisotopic (exact) mass is 569 g/mol. The van der Waals surface area contributed by atoms with E-state index >= 15 is 0 Å². The van der Waals surface area contributed by atoms with Crippen LogP contribution >= 0.6 is 11.6 Å². The SMILES string of the molecule is CC[C@@H](C)NC(=O)[C@H](CC)N(Cc1ccccc1Cl)C(=O)CN(c1cccc(C)c1)S(=O)(=O)c1ccccc1. The quantitative estimate of drug-likeness (QED) is 0.309. The molecule has 7 nitrogen and oxygen atoms in total. The van der Waals surface area contributed by atoms with E-state index in [0.29, 0.717) is 22.7 Å². The summed E-state index contributed by atoms with van der Waals surface area (Å²) in [5.74, 6) is -0.803. The normalized spacial score (nSPS) is 12.8. The molecule has 0 aliphatic heterocycles. The maximum Gasteiger partial charge on any atom is 0.264 e. The molecule has 2 amide bonds. The van der Waals surface area contributed by atoms with E-state index in [2.05, 4.69) is 5.32 Å². The molecule has 2 atom stereocenters. The molecule has 0 heterocycles. The predicted octanol–water partition coefficient (Wildman–Crippen LogP) is 5.57. The molecule has 0 bridgehead atoms. The second-order valence-electron chi connectivity index (χ2n) is 9.52. The minimum absolute atomic E-state index is 0.0536. The molecule has 9 heteroatoms. The van der Waals surface area contributed by atoms with Gasteiger partial charge in [0.2, 0.25) is 11.8 Å². The van der Waals surface area contributed by atoms with Crippen LogP contribution in [0.2, 0.25) is 5.02 Å². The number of nitrogens with zero attached hydrogens (tertiary/aromatic N) is 2. The molecule has 0 saturated heterocycles. The Labute approximate surface area is 236 Å². The number of hydrogen-bond donors (Lipinski definition) is 1. The molecule has 0 aromatic heterocycles. The lowest BCUT2D eigenvalue weighted by molar-refractivity contribution is -0.140. The van der Waals surface area contributed by atoms with E-state index in [-0.39, 0.29) is 23.4 Å². The molecule has 0 unspecified atom stereocenters. The van der Waals surface area contributed by atoms with Gasteiger partial charge in [-0.3, -0.25) is 13.9 Å². The summed E-state index contributed by atoms with van der Waals surface area (Å²) in [5, 5.41) is 3.43. The first-order valence-electron chi connectivity index (χ1n) is 13.1. The van der Waals surface area contributed by atoms with Gasteiger partial charge in [-0.15, -0.1) is 0 Å². The van der Waals surface area contributed by atoms with Crippen molar-refractivity contribution in [3.8, 4) is 0 Å². The Morgan fingerprint density at radius 2 is 1.59 bits per heavy atom. The summed E-state index contributed by atoms with van der Waals surface area (Å²) >= 11 is 6.43. The lowest BCUT2D eigenvalue weighted by Crippen LogP contribution is -2.53. The second-order valence-corrected chi connectivity index (χ2v) is 11.8. The van der Waals surface area contributed by atoms with Gasteiger partial charge in [-0.2, -0.15) is 0 Å². The Hall–Kier alpha value is -3.36. The summed E-state index contributed by atoms with van der Waals surface area (Å²) in [6, 6.07) is 21.2. The van der Waals surface area contributed by atoms with Crippen LogP contribution in [-0.2, 0) is 26.2 Å². The molecule has 0 radical (unpaired) electrons. The smallest absolute Gasteiger partial charge is 0.264 e. The predicted molar refractivity (Wildman–Crippen MR) is 156 cm³/mol. The highest BCUT2D eigenvalue weighted by Crippen LogP contribution is 2.26. The van der Waals surface area contributed by atoms with Crippen molar-refractivity contribution >= 4 is 39.1 Å². The largest absolute Gasteiger partial charge is 0.352 e. The van der Waals surface area contributed by atoms with Gasteiger partial charge in [-0.25, -0.2) is 8.42 Å². The molecule has 208 valence electrons. The van der Waals surface area contributed by atoms with E-state index in [1.165, 1.54) is 17.0 Å². The molecule has 3 rings (SSSR count). The highest BCUT2D eigenvalue weighted by molar-refractivity contribution is 7.92. The van der Waals surface area contributed by atoms with Crippen molar-refractivity contribution in [2.24, 2.45) is 0 Å². The number of benzene rings is 3. The minimum atomic E-state index is -4.10. The zero-order valence-corrected chi connectivity index (χ0v) is 24.4. The van der Waals surface area contributed by atoms with E-state index in [1.54, 1.807) is 54.6 Å². The van der Waals surface area contributed by atoms with E-state index < -0.39 is 28.5 Å². The fourth-order valence-corrected chi connectivity index (χ4v) is 5.82. The average molecular weight is 570 g/mol. The molecular weight excluding hydrogens is 534 g/mol. The highest BCUT2D eigenvalue weighted by atomic mass is 35.5. The van der Waals surface area contributed by atoms with Gasteiger partial charge in [0, 0.05) is 17.6 Å². The number of aryl methyl sites for hydroxylation is 1. The van der Waals surface area contributed by atoms with Crippen LogP contribution in [-0.4, -0.2) is 43.8 Å². The van der Waals surface area contributed by atoms with Gasteiger partial charge in [-0.05, 0) is 68.1 Å². The molecule has 0 fully saturated rings. The van der Waals surface area contributed by atoms with Crippen LogP contribution in [0, 0.1) is 6.92 Å². The molecule has 0 spiro atoms. The number of carbonyl (C=O) groups excluding carboxylic acids is 2. The first kappa shape index (κ1) is 30.2. The Balaban J connectivity index is 2.06. The third kappa shape index (κ3) is 7.61. The van der Waals surface area contributed by atoms with E-state index in [0.717, 1.165) is 16.3 Å². The van der Waals surface area contributed by atoms with Gasteiger partial charge < -0.3 is 10.2 Å². The van der Waals surface area contributed by atoms with Crippen LogP contribution in [0.15, 0.2) is 83.8 Å². The van der Waals surface area contributed by atoms with E-state index in [1.807, 2.05) is 39.8 Å². The Morgan fingerprint density at radius 3 is 2.21 bits per heavy atom. The molecule has 3 aromatic rings. The van der Waals surface area contributed by atoms with Crippen LogP contribution in [0.5, 0.6) is 0 Å². The lowest BCUT2D eigenvalue weighted by Gasteiger charge is -2.34. The number of halogens is 1. The summed E-state index contributed by atoms with van der Waals surface area (Å²) in [7, 11) is -4.10. The van der Waals surface area contributed by atoms with Gasteiger partial charge in [0.05, 0.1) is 10.6 Å². The first-order chi connectivity index (χ1) is 18.6. The molecule has 0 aliphatic carbocycles. The molecule has 0 aliphatic rings. The number of carbonyl (C=O) groups is 2. The summed E-state index contributed by atoms with van der Waals surface area (Å²) in [6.45, 7) is 7.11. The van der Waals surface area contributed by atoms with Crippen molar-refractivity contribution in [1.82, 2.24) is 10.2 Å². The van der Waals surface area contributed by atoms with Crippen LogP contribution in [0.4, 0.5) is 5.69 Å². The Morgan fingerprint density at radius 1 is 0.923 bits per heavy atom. The topological polar surface area (TPSA) is 86.8 Å². The Kier molecular flexibility index (Phi) is 10.5. The zero-order valence-electron chi connectivity index (χ0n) is 22.8. The average Bonchev–Trinajstić information content (AvgIpc) is 2.92. The third-order valence-corrected chi connectivity index (χ3v) is 8.74. The second kappa shape index (κ2) is 13.6. The fourth-order valence-electron chi connectivity index (χ4n) is 4.20. The maximum atomic E-state index is 14.1. The van der Waals surface area contributed by atoms with Gasteiger partial charge in [0.25, 0.3) is 10.0 Å². The first-order valence-corrected chi connectivity index (χ1v) is 14.9. The van der Waals surface area contributed by atoms with Gasteiger partial charge in [-0.1, -0.05) is 74.0 Å². The minimum Gasteiger partial charge on any atom is -0.352 e. The Bertz CT molecular complexity index is 1380. The summed E-state index contributed by atoms with van der Waals surface area (Å²) < 4.78 is 28.8. The van der Waals surface area contributed by atoms with Crippen molar-refractivity contribution in [2.75, 3.05) is 10.8 Å². The zero-order chi connectivity index (χ0) is 28.6. The van der Waals surface area contributed by atoms with E-state index in [9.17, 15) is 18.0 Å². The van der Waals surface area contributed by atoms with Crippen LogP contribution in [0.1, 0.15) is 44.7 Å². The molecule has 39 heavy (non-hydrogen) atoms. The van der Waals surface area contributed by atoms with Crippen LogP contribution in [0.3, 0.4) is 0 Å². The van der Waals surface area contributed by atoms with Crippen molar-refractivity contribution in [1.29, 1.82) is 0 Å². The van der Waals surface area contributed by atoms with Gasteiger partial charge >= 0.3 is 0 Å². The summed E-state index contributed by atoms with van der Waals surface area (Å²) in [4.78, 5) is 28.9. The van der Waals surface area contributed by atoms with Crippen LogP contribution < -0.4 is 9.62 Å². The number of sulfonamides is 1. The van der Waals surface area contributed by atoms with Gasteiger partial charge in [0.15, 0.2) is 0 Å². The van der Waals surface area contributed by atoms with Gasteiger partial charge in [0.1, 0.15) is 12.6 Å². The number of amides is 2. The number of nitrogens with one attached hydrogen (secondary N) is 1. The number of hydrogen-bond acceptors (Lipinski definition) is 4. The number of rotatable bonds is 12. The highest BCUT2D eigenvalue weighted by Gasteiger charge is 2.34. The standard InChI is InChI=1S/C30H36ClN3O4S/c1-5-23(4)32-30(36)28(6-2)33(20-24-14-10-11-18-27(24)31)29(35)21-34(25-15-12-13-22(3)19-25)39(37,38)26-16-8-7-9-17-26/h7-19,23,28H,5-6,20-21H2,1-4H3,(H,32,36)/t23-,28+/m1/s1. The van der Waals surface area contributed by atoms with Crippen molar-refractivity contribution < 1.29 is 18.0 Å². The number of anilines is 1. The summed E-state index contributed by atoms with van der Waals surface area (Å²) in [5.41, 5.74) is 1.87. The third-order valence-electron chi connectivity index (χ3n) is 6.59. The molecule has 3 aromatic carbocycles. The van der Waals surface area contributed by atoms with Crippen molar-refractivity contribution in [2.45, 2.75) is 64.1 Å². The lowest BCUT2D eigenvalue weighted by atomic mass is 10.1. The summed E-state index contributed by atoms with van der Waals surface area (Å²) in [6.07, 6.45) is 1.07. The fraction of sp³-hybridized carbons (Fsp3) is 0.333.